The van der Waals surface area contributed by atoms with E-state index in [0.717, 1.165) is 12.5 Å². The third kappa shape index (κ3) is 3.74. The highest BCUT2D eigenvalue weighted by Crippen LogP contribution is 2.20. The molecule has 2 heteroatoms. The van der Waals surface area contributed by atoms with Crippen molar-refractivity contribution in [3.63, 3.8) is 0 Å². The molecule has 0 bridgehead atoms. The maximum atomic E-state index is 3.81. The third-order valence-electron chi connectivity index (χ3n) is 4.51. The molecular formula is C14H30N2. The van der Waals surface area contributed by atoms with E-state index in [0.29, 0.717) is 11.6 Å². The summed E-state index contributed by atoms with van der Waals surface area (Å²) < 4.78 is 0. The monoisotopic (exact) mass is 226 g/mol. The van der Waals surface area contributed by atoms with E-state index in [-0.39, 0.29) is 0 Å². The molecule has 0 spiro atoms. The molecule has 0 aromatic heterocycles. The summed E-state index contributed by atoms with van der Waals surface area (Å²) in [6, 6.07) is 0.688. The molecule has 2 unspecified atom stereocenters. The molecular weight excluding hydrogens is 196 g/mol. The van der Waals surface area contributed by atoms with Crippen LogP contribution in [0.5, 0.6) is 0 Å². The van der Waals surface area contributed by atoms with E-state index in [1.165, 1.54) is 38.6 Å². The number of piperidine rings is 1. The van der Waals surface area contributed by atoms with Gasteiger partial charge < -0.3 is 10.6 Å². The van der Waals surface area contributed by atoms with Gasteiger partial charge in [0.15, 0.2) is 0 Å². The predicted molar refractivity (Wildman–Crippen MR) is 71.8 cm³/mol. The fourth-order valence-corrected chi connectivity index (χ4v) is 2.84. The van der Waals surface area contributed by atoms with E-state index in [2.05, 4.69) is 38.3 Å². The lowest BCUT2D eigenvalue weighted by molar-refractivity contribution is 0.245. The van der Waals surface area contributed by atoms with Gasteiger partial charge in [0.25, 0.3) is 0 Å². The van der Waals surface area contributed by atoms with Crippen molar-refractivity contribution in [1.82, 2.24) is 10.6 Å². The zero-order valence-corrected chi connectivity index (χ0v) is 11.6. The van der Waals surface area contributed by atoms with Crippen molar-refractivity contribution < 1.29 is 0 Å². The molecule has 96 valence electrons. The van der Waals surface area contributed by atoms with Crippen molar-refractivity contribution in [2.45, 2.75) is 71.4 Å². The molecule has 1 rings (SSSR count). The van der Waals surface area contributed by atoms with Gasteiger partial charge in [0.05, 0.1) is 0 Å². The standard InChI is InChI=1S/C14H30N2/c1-5-14(6-2,7-3)16-11-13-10-12(4)8-9-15-13/h12-13,15-16H,5-11H2,1-4H3. The van der Waals surface area contributed by atoms with E-state index in [1.54, 1.807) is 0 Å². The van der Waals surface area contributed by atoms with Gasteiger partial charge in [-0.2, -0.15) is 0 Å². The molecule has 0 radical (unpaired) electrons. The Kier molecular flexibility index (Phi) is 5.77. The van der Waals surface area contributed by atoms with E-state index >= 15 is 0 Å². The summed E-state index contributed by atoms with van der Waals surface area (Å²) in [4.78, 5) is 0. The Morgan fingerprint density at radius 1 is 1.19 bits per heavy atom. The summed E-state index contributed by atoms with van der Waals surface area (Å²) >= 11 is 0. The van der Waals surface area contributed by atoms with Crippen LogP contribution in [-0.4, -0.2) is 24.7 Å². The molecule has 1 aliphatic heterocycles. The first kappa shape index (κ1) is 14.0. The lowest BCUT2D eigenvalue weighted by Crippen LogP contribution is -2.51. The zero-order valence-electron chi connectivity index (χ0n) is 11.6. The van der Waals surface area contributed by atoms with Crippen LogP contribution in [-0.2, 0) is 0 Å². The first-order valence-electron chi connectivity index (χ1n) is 7.14. The highest BCUT2D eigenvalue weighted by Gasteiger charge is 2.25. The van der Waals surface area contributed by atoms with Crippen LogP contribution < -0.4 is 10.6 Å². The Balaban J connectivity index is 2.36. The molecule has 0 saturated carbocycles. The van der Waals surface area contributed by atoms with Crippen molar-refractivity contribution in [3.8, 4) is 0 Å². The van der Waals surface area contributed by atoms with Crippen LogP contribution in [0.3, 0.4) is 0 Å². The van der Waals surface area contributed by atoms with Crippen molar-refractivity contribution in [1.29, 1.82) is 0 Å². The molecule has 1 saturated heterocycles. The minimum Gasteiger partial charge on any atom is -0.313 e. The third-order valence-corrected chi connectivity index (χ3v) is 4.51. The Morgan fingerprint density at radius 2 is 1.81 bits per heavy atom. The molecule has 2 nitrogen and oxygen atoms in total. The van der Waals surface area contributed by atoms with Gasteiger partial charge in [-0.05, 0) is 44.6 Å². The topological polar surface area (TPSA) is 24.1 Å². The molecule has 16 heavy (non-hydrogen) atoms. The highest BCUT2D eigenvalue weighted by molar-refractivity contribution is 4.87. The van der Waals surface area contributed by atoms with Crippen LogP contribution in [0.15, 0.2) is 0 Å². The molecule has 0 aliphatic carbocycles. The molecule has 1 fully saturated rings. The molecule has 1 heterocycles. The van der Waals surface area contributed by atoms with E-state index in [1.807, 2.05) is 0 Å². The first-order valence-corrected chi connectivity index (χ1v) is 7.14. The predicted octanol–water partition coefficient (Wildman–Crippen LogP) is 2.93. The van der Waals surface area contributed by atoms with Gasteiger partial charge in [-0.25, -0.2) is 0 Å². The second kappa shape index (κ2) is 6.61. The SMILES string of the molecule is CCC(CC)(CC)NCC1CC(C)CCN1. The summed E-state index contributed by atoms with van der Waals surface area (Å²) in [6.45, 7) is 11.6. The van der Waals surface area contributed by atoms with Gasteiger partial charge >= 0.3 is 0 Å². The van der Waals surface area contributed by atoms with Gasteiger partial charge in [-0.3, -0.25) is 0 Å². The van der Waals surface area contributed by atoms with Crippen LogP contribution in [0.25, 0.3) is 0 Å². The molecule has 1 aliphatic rings. The van der Waals surface area contributed by atoms with E-state index in [9.17, 15) is 0 Å². The lowest BCUT2D eigenvalue weighted by Gasteiger charge is -2.36. The smallest absolute Gasteiger partial charge is 0.0195 e. The van der Waals surface area contributed by atoms with Crippen molar-refractivity contribution >= 4 is 0 Å². The van der Waals surface area contributed by atoms with Gasteiger partial charge in [0.2, 0.25) is 0 Å². The van der Waals surface area contributed by atoms with Crippen molar-refractivity contribution in [2.75, 3.05) is 13.1 Å². The van der Waals surface area contributed by atoms with Gasteiger partial charge in [-0.1, -0.05) is 27.7 Å². The summed E-state index contributed by atoms with van der Waals surface area (Å²) in [6.07, 6.45) is 6.39. The van der Waals surface area contributed by atoms with Crippen LogP contribution in [0.4, 0.5) is 0 Å². The highest BCUT2D eigenvalue weighted by atomic mass is 15.0. The van der Waals surface area contributed by atoms with Gasteiger partial charge in [-0.15, -0.1) is 0 Å². The van der Waals surface area contributed by atoms with Crippen LogP contribution in [0.1, 0.15) is 59.8 Å². The number of rotatable bonds is 6. The first-order chi connectivity index (χ1) is 7.65. The number of hydrogen-bond acceptors (Lipinski definition) is 2. The minimum absolute atomic E-state index is 0.377. The Labute approximate surface area is 102 Å². The van der Waals surface area contributed by atoms with E-state index in [4.69, 9.17) is 0 Å². The van der Waals surface area contributed by atoms with Crippen LogP contribution in [0.2, 0.25) is 0 Å². The summed E-state index contributed by atoms with van der Waals surface area (Å²) in [7, 11) is 0. The molecule has 2 N–H and O–H groups in total. The number of nitrogens with one attached hydrogen (secondary N) is 2. The molecule has 0 amide bonds. The maximum Gasteiger partial charge on any atom is 0.0195 e. The fourth-order valence-electron chi connectivity index (χ4n) is 2.84. The van der Waals surface area contributed by atoms with Crippen molar-refractivity contribution in [2.24, 2.45) is 5.92 Å². The Hall–Kier alpha value is -0.0800. The fraction of sp³-hybridized carbons (Fsp3) is 1.00. The van der Waals surface area contributed by atoms with Gasteiger partial charge in [0.1, 0.15) is 0 Å². The lowest BCUT2D eigenvalue weighted by atomic mass is 9.88. The largest absolute Gasteiger partial charge is 0.313 e. The van der Waals surface area contributed by atoms with E-state index < -0.39 is 0 Å². The average molecular weight is 226 g/mol. The second-order valence-electron chi connectivity index (χ2n) is 5.50. The quantitative estimate of drug-likeness (QED) is 0.727. The molecule has 2 atom stereocenters. The van der Waals surface area contributed by atoms with Crippen molar-refractivity contribution in [3.05, 3.63) is 0 Å². The molecule has 0 aromatic carbocycles. The summed E-state index contributed by atoms with van der Waals surface area (Å²) in [5, 5.41) is 7.44. The van der Waals surface area contributed by atoms with Gasteiger partial charge in [0, 0.05) is 18.1 Å². The Morgan fingerprint density at radius 3 is 2.31 bits per heavy atom. The summed E-state index contributed by atoms with van der Waals surface area (Å²) in [5.41, 5.74) is 0.377. The average Bonchev–Trinajstić information content (AvgIpc) is 2.32. The molecule has 0 aromatic rings. The summed E-state index contributed by atoms with van der Waals surface area (Å²) in [5.74, 6) is 0.896. The Bertz CT molecular complexity index is 179. The van der Waals surface area contributed by atoms with Crippen LogP contribution in [0, 0.1) is 5.92 Å². The minimum atomic E-state index is 0.377. The normalized spacial score (nSPS) is 27.0. The maximum absolute atomic E-state index is 3.81. The number of hydrogen-bond donors (Lipinski definition) is 2. The second-order valence-corrected chi connectivity index (χ2v) is 5.50. The van der Waals surface area contributed by atoms with Crippen LogP contribution >= 0.6 is 0 Å². The zero-order chi connectivity index (χ0) is 12.0.